The lowest BCUT2D eigenvalue weighted by atomic mass is 9.97. The van der Waals surface area contributed by atoms with Crippen molar-refractivity contribution in [3.63, 3.8) is 0 Å². The van der Waals surface area contributed by atoms with Gasteiger partial charge in [0.2, 0.25) is 0 Å². The molecule has 0 saturated heterocycles. The highest BCUT2D eigenvalue weighted by Crippen LogP contribution is 2.51. The lowest BCUT2D eigenvalue weighted by Gasteiger charge is -2.13. The molecule has 0 N–H and O–H groups in total. The van der Waals surface area contributed by atoms with Crippen molar-refractivity contribution in [3.05, 3.63) is 176 Å². The van der Waals surface area contributed by atoms with Crippen molar-refractivity contribution in [2.24, 2.45) is 0 Å². The first kappa shape index (κ1) is 30.0. The summed E-state index contributed by atoms with van der Waals surface area (Å²) in [6.07, 6.45) is 0. The van der Waals surface area contributed by atoms with Crippen LogP contribution in [-0.4, -0.2) is 24.5 Å². The SMILES string of the molecule is c1ccc(-c2cc(-c3cccc(-n4c5ccc6ccccc6c5c5c6cccc7c6c(cc54)-c4nc5ccccc5nc4-7)c3)nc(-c3ccccc3)n2)cc1. The summed E-state index contributed by atoms with van der Waals surface area (Å²) in [5, 5.41) is 7.34. The molecule has 8 aromatic carbocycles. The zero-order chi connectivity index (χ0) is 36.0. The van der Waals surface area contributed by atoms with E-state index in [1.54, 1.807) is 0 Å². The number of aromatic nitrogens is 5. The summed E-state index contributed by atoms with van der Waals surface area (Å²) in [4.78, 5) is 20.7. The van der Waals surface area contributed by atoms with E-state index < -0.39 is 0 Å². The molecule has 0 saturated carbocycles. The highest BCUT2D eigenvalue weighted by atomic mass is 15.0. The van der Waals surface area contributed by atoms with E-state index in [1.807, 2.05) is 42.5 Å². The van der Waals surface area contributed by atoms with Crippen LogP contribution in [0, 0.1) is 0 Å². The molecule has 0 atom stereocenters. The number of hydrogen-bond acceptors (Lipinski definition) is 4. The van der Waals surface area contributed by atoms with Gasteiger partial charge in [-0.3, -0.25) is 0 Å². The normalized spacial score (nSPS) is 12.0. The van der Waals surface area contributed by atoms with Crippen molar-refractivity contribution in [1.82, 2.24) is 24.5 Å². The molecule has 5 heteroatoms. The van der Waals surface area contributed by atoms with Crippen LogP contribution in [0.4, 0.5) is 0 Å². The topological polar surface area (TPSA) is 56.5 Å². The Morgan fingerprint density at radius 3 is 1.78 bits per heavy atom. The molecular formula is C50H29N5. The first-order valence-electron chi connectivity index (χ1n) is 18.6. The van der Waals surface area contributed by atoms with E-state index in [-0.39, 0.29) is 0 Å². The van der Waals surface area contributed by atoms with Crippen LogP contribution in [0.5, 0.6) is 0 Å². The van der Waals surface area contributed by atoms with E-state index in [9.17, 15) is 0 Å². The van der Waals surface area contributed by atoms with Crippen molar-refractivity contribution < 1.29 is 0 Å². The molecule has 0 bridgehead atoms. The smallest absolute Gasteiger partial charge is 0.160 e. The van der Waals surface area contributed by atoms with Gasteiger partial charge in [-0.25, -0.2) is 19.9 Å². The minimum absolute atomic E-state index is 0.697. The number of para-hydroxylation sites is 2. The highest BCUT2D eigenvalue weighted by molar-refractivity contribution is 6.33. The van der Waals surface area contributed by atoms with E-state index in [2.05, 4.69) is 138 Å². The molecule has 0 aliphatic heterocycles. The quantitative estimate of drug-likeness (QED) is 0.183. The third-order valence-electron chi connectivity index (χ3n) is 11.1. The van der Waals surface area contributed by atoms with E-state index in [1.165, 1.54) is 32.3 Å². The Kier molecular flexibility index (Phi) is 6.27. The molecule has 1 aliphatic rings. The van der Waals surface area contributed by atoms with Crippen LogP contribution in [-0.2, 0) is 0 Å². The van der Waals surface area contributed by atoms with Crippen LogP contribution in [0.2, 0.25) is 0 Å². The van der Waals surface area contributed by atoms with Crippen LogP contribution >= 0.6 is 0 Å². The predicted octanol–water partition coefficient (Wildman–Crippen LogP) is 12.5. The minimum atomic E-state index is 0.697. The summed E-state index contributed by atoms with van der Waals surface area (Å²) in [5.74, 6) is 0.697. The first-order valence-corrected chi connectivity index (χ1v) is 18.6. The van der Waals surface area contributed by atoms with Crippen molar-refractivity contribution in [2.75, 3.05) is 0 Å². The summed E-state index contributed by atoms with van der Waals surface area (Å²) >= 11 is 0. The molecule has 0 spiro atoms. The predicted molar refractivity (Wildman–Crippen MR) is 225 cm³/mol. The third-order valence-corrected chi connectivity index (χ3v) is 11.1. The maximum absolute atomic E-state index is 5.24. The molecule has 1 aliphatic carbocycles. The number of fused-ring (bicyclic) bond motifs is 10. The van der Waals surface area contributed by atoms with Gasteiger partial charge in [-0.05, 0) is 58.6 Å². The Morgan fingerprint density at radius 2 is 0.982 bits per heavy atom. The van der Waals surface area contributed by atoms with Gasteiger partial charge in [-0.1, -0.05) is 133 Å². The standard InChI is InChI=1S/C50H29N5/c1-3-14-31(15-4-1)41-29-42(54-50(53-41)32-16-5-2-6-17-32)33-18-11-19-34(27-33)55-43-26-25-30-13-7-8-20-35(30)46(43)47-36-21-12-22-37-45(36)38(28-44(47)55)49-48(37)51-39-23-9-10-24-40(39)52-49/h1-29H. The van der Waals surface area contributed by atoms with Gasteiger partial charge in [0, 0.05) is 49.7 Å². The van der Waals surface area contributed by atoms with Gasteiger partial charge < -0.3 is 4.57 Å². The molecule has 5 nitrogen and oxygen atoms in total. The molecule has 0 amide bonds. The second-order valence-corrected chi connectivity index (χ2v) is 14.2. The molecule has 0 fully saturated rings. The van der Waals surface area contributed by atoms with Gasteiger partial charge in [0.1, 0.15) is 0 Å². The van der Waals surface area contributed by atoms with Crippen LogP contribution in [0.3, 0.4) is 0 Å². The van der Waals surface area contributed by atoms with Crippen molar-refractivity contribution in [1.29, 1.82) is 0 Å². The molecule has 12 rings (SSSR count). The number of rotatable bonds is 4. The second kappa shape index (κ2) is 11.5. The fraction of sp³-hybridized carbons (Fsp3) is 0. The molecule has 0 radical (unpaired) electrons. The Morgan fingerprint density at radius 1 is 0.364 bits per heavy atom. The maximum Gasteiger partial charge on any atom is 0.160 e. The van der Waals surface area contributed by atoms with Gasteiger partial charge >= 0.3 is 0 Å². The molecule has 11 aromatic rings. The van der Waals surface area contributed by atoms with E-state index >= 15 is 0 Å². The van der Waals surface area contributed by atoms with Gasteiger partial charge in [0.05, 0.1) is 44.8 Å². The lowest BCUT2D eigenvalue weighted by molar-refractivity contribution is 1.16. The van der Waals surface area contributed by atoms with Gasteiger partial charge in [0.15, 0.2) is 5.82 Å². The summed E-state index contributed by atoms with van der Waals surface area (Å²) in [7, 11) is 0. The number of hydrogen-bond donors (Lipinski definition) is 0. The number of nitrogens with zero attached hydrogens (tertiary/aromatic N) is 5. The van der Waals surface area contributed by atoms with Crippen molar-refractivity contribution in [2.45, 2.75) is 0 Å². The summed E-state index contributed by atoms with van der Waals surface area (Å²) < 4.78 is 2.42. The number of benzene rings is 8. The molecule has 3 aromatic heterocycles. The van der Waals surface area contributed by atoms with E-state index in [0.717, 1.165) is 78.3 Å². The van der Waals surface area contributed by atoms with Crippen molar-refractivity contribution in [3.8, 4) is 62.1 Å². The van der Waals surface area contributed by atoms with Crippen LogP contribution in [0.1, 0.15) is 0 Å². The molecule has 55 heavy (non-hydrogen) atoms. The highest BCUT2D eigenvalue weighted by Gasteiger charge is 2.29. The second-order valence-electron chi connectivity index (χ2n) is 14.2. The summed E-state index contributed by atoms with van der Waals surface area (Å²) in [6.45, 7) is 0. The van der Waals surface area contributed by atoms with Gasteiger partial charge in [-0.15, -0.1) is 0 Å². The monoisotopic (exact) mass is 699 g/mol. The third kappa shape index (κ3) is 4.47. The lowest BCUT2D eigenvalue weighted by Crippen LogP contribution is -1.98. The summed E-state index contributed by atoms with van der Waals surface area (Å²) in [6, 6.07) is 61.8. The molecule has 254 valence electrons. The van der Waals surface area contributed by atoms with Crippen LogP contribution in [0.15, 0.2) is 176 Å². The average molecular weight is 700 g/mol. The van der Waals surface area contributed by atoms with Crippen LogP contribution in [0.25, 0.3) is 116 Å². The average Bonchev–Trinajstić information content (AvgIpc) is 3.76. The summed E-state index contributed by atoms with van der Waals surface area (Å²) in [5.41, 5.74) is 14.1. The van der Waals surface area contributed by atoms with Crippen LogP contribution < -0.4 is 0 Å². The fourth-order valence-electron chi connectivity index (χ4n) is 8.66. The Balaban J connectivity index is 1.15. The first-order chi connectivity index (χ1) is 27.3. The van der Waals surface area contributed by atoms with Gasteiger partial charge in [-0.2, -0.15) is 0 Å². The maximum atomic E-state index is 5.24. The molecule has 3 heterocycles. The minimum Gasteiger partial charge on any atom is -0.309 e. The van der Waals surface area contributed by atoms with E-state index in [0.29, 0.717) is 5.82 Å². The Hall–Kier alpha value is -7.50. The zero-order valence-electron chi connectivity index (χ0n) is 29.5. The van der Waals surface area contributed by atoms with Gasteiger partial charge in [0.25, 0.3) is 0 Å². The fourth-order valence-corrected chi connectivity index (χ4v) is 8.66. The molecule has 0 unspecified atom stereocenters. The zero-order valence-corrected chi connectivity index (χ0v) is 29.5. The van der Waals surface area contributed by atoms with E-state index in [4.69, 9.17) is 19.9 Å². The van der Waals surface area contributed by atoms with Crippen molar-refractivity contribution >= 4 is 54.4 Å². The Labute approximate surface area is 315 Å². The molecular weight excluding hydrogens is 671 g/mol. The Bertz CT molecular complexity index is 3310. The largest absolute Gasteiger partial charge is 0.309 e.